The zero-order valence-electron chi connectivity index (χ0n) is 26.5. The summed E-state index contributed by atoms with van der Waals surface area (Å²) in [5.41, 5.74) is 6.91. The van der Waals surface area contributed by atoms with Gasteiger partial charge in [-0.15, -0.1) is 22.7 Å². The summed E-state index contributed by atoms with van der Waals surface area (Å²) < 4.78 is 4.66. The van der Waals surface area contributed by atoms with Crippen molar-refractivity contribution in [3.8, 4) is 56.8 Å². The topological polar surface area (TPSA) is 64.5 Å². The van der Waals surface area contributed by atoms with Gasteiger partial charge in [0.2, 0.25) is 0 Å². The highest BCUT2D eigenvalue weighted by Crippen LogP contribution is 2.43. The fourth-order valence-electron chi connectivity index (χ4n) is 6.55. The number of thiophene rings is 2. The van der Waals surface area contributed by atoms with Gasteiger partial charge in [0.05, 0.1) is 15.9 Å². The molecule has 0 radical (unpaired) electrons. The van der Waals surface area contributed by atoms with Crippen molar-refractivity contribution in [3.63, 3.8) is 0 Å². The monoisotopic (exact) mass is 675 g/mol. The summed E-state index contributed by atoms with van der Waals surface area (Å²) >= 11 is 3.52. The molecule has 0 saturated heterocycles. The Bertz CT molecular complexity index is 2810. The van der Waals surface area contributed by atoms with Gasteiger partial charge in [0.1, 0.15) is 0 Å². The molecule has 0 fully saturated rings. The molecule has 0 bridgehead atoms. The van der Waals surface area contributed by atoms with Gasteiger partial charge in [-0.3, -0.25) is 0 Å². The lowest BCUT2D eigenvalue weighted by molar-refractivity contribution is 1.07. The van der Waals surface area contributed by atoms with Crippen molar-refractivity contribution in [2.75, 3.05) is 0 Å². The number of benzene rings is 6. The second kappa shape index (κ2) is 11.8. The normalized spacial score (nSPS) is 11.6. The first-order valence-corrected chi connectivity index (χ1v) is 18.0. The first-order valence-electron chi connectivity index (χ1n) is 16.3. The summed E-state index contributed by atoms with van der Waals surface area (Å²) in [4.78, 5) is 25.4. The number of hydrogen-bond acceptors (Lipinski definition) is 7. The highest BCUT2D eigenvalue weighted by atomic mass is 32.1. The van der Waals surface area contributed by atoms with Crippen molar-refractivity contribution < 1.29 is 0 Å². The fraction of sp³-hybridized carbons (Fsp3) is 0. The lowest BCUT2D eigenvalue weighted by Crippen LogP contribution is -2.00. The van der Waals surface area contributed by atoms with E-state index in [9.17, 15) is 0 Å². The summed E-state index contributed by atoms with van der Waals surface area (Å²) in [6.07, 6.45) is 0. The Balaban J connectivity index is 1.16. The van der Waals surface area contributed by atoms with Crippen LogP contribution in [-0.2, 0) is 0 Å². The number of hydrogen-bond donors (Lipinski definition) is 0. The van der Waals surface area contributed by atoms with Crippen molar-refractivity contribution in [1.29, 1.82) is 0 Å². The predicted molar refractivity (Wildman–Crippen MR) is 208 cm³/mol. The smallest absolute Gasteiger partial charge is 0.164 e. The minimum Gasteiger partial charge on any atom is -0.226 e. The van der Waals surface area contributed by atoms with Crippen LogP contribution in [0.5, 0.6) is 0 Å². The lowest BCUT2D eigenvalue weighted by Gasteiger charge is -2.08. The van der Waals surface area contributed by atoms with E-state index in [1.807, 2.05) is 66.7 Å². The lowest BCUT2D eigenvalue weighted by atomic mass is 10.1. The summed E-state index contributed by atoms with van der Waals surface area (Å²) in [6.45, 7) is 0. The van der Waals surface area contributed by atoms with Gasteiger partial charge in [-0.2, -0.15) is 0 Å². The van der Waals surface area contributed by atoms with E-state index in [2.05, 4.69) is 84.9 Å². The van der Waals surface area contributed by atoms with Crippen molar-refractivity contribution in [2.45, 2.75) is 0 Å². The summed E-state index contributed by atoms with van der Waals surface area (Å²) in [7, 11) is 0. The maximum Gasteiger partial charge on any atom is 0.164 e. The molecule has 7 heteroatoms. The van der Waals surface area contributed by atoms with Crippen LogP contribution in [0.3, 0.4) is 0 Å². The Labute approximate surface area is 295 Å². The molecule has 50 heavy (non-hydrogen) atoms. The molecule has 0 aliphatic rings. The molecule has 4 heterocycles. The fourth-order valence-corrected chi connectivity index (χ4v) is 8.90. The number of aromatic nitrogens is 5. The SMILES string of the molecule is c1ccc(-c2nc(-c3ccccc3)nc(-c3ccc4sc5c(-c6nc(-c7ccccc7)c7sc8ccccc8c7n6)cccc5c4c3)n2)cc1. The maximum absolute atomic E-state index is 5.28. The van der Waals surface area contributed by atoms with Crippen LogP contribution < -0.4 is 0 Å². The molecule has 0 amide bonds. The van der Waals surface area contributed by atoms with Crippen LogP contribution in [0, 0.1) is 0 Å². The van der Waals surface area contributed by atoms with Crippen LogP contribution in [-0.4, -0.2) is 24.9 Å². The van der Waals surface area contributed by atoms with E-state index >= 15 is 0 Å². The molecule has 0 N–H and O–H groups in total. The molecule has 0 spiro atoms. The molecular weight excluding hydrogens is 651 g/mol. The standard InChI is InChI=1S/C43H25N5S2/c1-4-13-26(14-5-1)36-39-37(31-19-10-11-22-34(31)50-39)45-43(44-36)32-21-12-20-30-33-25-29(23-24-35(33)49-38(30)32)42-47-40(27-15-6-2-7-16-27)46-41(48-42)28-17-8-3-9-18-28/h1-25H. The van der Waals surface area contributed by atoms with Gasteiger partial charge in [0.25, 0.3) is 0 Å². The molecule has 0 aliphatic carbocycles. The van der Waals surface area contributed by atoms with E-state index < -0.39 is 0 Å². The largest absolute Gasteiger partial charge is 0.226 e. The van der Waals surface area contributed by atoms with E-state index in [1.165, 1.54) is 9.40 Å². The third-order valence-electron chi connectivity index (χ3n) is 8.96. The molecule has 5 nitrogen and oxygen atoms in total. The first kappa shape index (κ1) is 28.8. The van der Waals surface area contributed by atoms with Crippen LogP contribution in [0.25, 0.3) is 97.3 Å². The zero-order chi connectivity index (χ0) is 33.0. The number of fused-ring (bicyclic) bond motifs is 6. The van der Waals surface area contributed by atoms with Crippen LogP contribution >= 0.6 is 22.7 Å². The molecule has 4 aromatic heterocycles. The average Bonchev–Trinajstić information content (AvgIpc) is 3.76. The van der Waals surface area contributed by atoms with E-state index in [4.69, 9.17) is 24.9 Å². The average molecular weight is 676 g/mol. The number of nitrogens with zero attached hydrogens (tertiary/aromatic N) is 5. The van der Waals surface area contributed by atoms with Crippen LogP contribution in [0.2, 0.25) is 0 Å². The predicted octanol–water partition coefficient (Wildman–Crippen LogP) is 11.7. The quantitative estimate of drug-likeness (QED) is 0.182. The van der Waals surface area contributed by atoms with E-state index in [0.29, 0.717) is 17.5 Å². The van der Waals surface area contributed by atoms with Crippen molar-refractivity contribution in [3.05, 3.63) is 152 Å². The molecule has 6 aromatic carbocycles. The maximum atomic E-state index is 5.28. The van der Waals surface area contributed by atoms with Crippen LogP contribution in [0.4, 0.5) is 0 Å². The van der Waals surface area contributed by atoms with Gasteiger partial charge in [-0.25, -0.2) is 24.9 Å². The Morgan fingerprint density at radius 3 is 1.60 bits per heavy atom. The third kappa shape index (κ3) is 4.86. The van der Waals surface area contributed by atoms with Gasteiger partial charge < -0.3 is 0 Å². The van der Waals surface area contributed by atoms with Gasteiger partial charge in [0.15, 0.2) is 23.3 Å². The third-order valence-corrected chi connectivity index (χ3v) is 11.3. The Hall–Kier alpha value is -6.15. The molecule has 234 valence electrons. The molecule has 10 aromatic rings. The summed E-state index contributed by atoms with van der Waals surface area (Å²) in [6, 6.07) is 52.1. The van der Waals surface area contributed by atoms with E-state index in [0.717, 1.165) is 70.4 Å². The Morgan fingerprint density at radius 1 is 0.340 bits per heavy atom. The highest BCUT2D eigenvalue weighted by molar-refractivity contribution is 7.26. The van der Waals surface area contributed by atoms with E-state index in [-0.39, 0.29) is 0 Å². The molecule has 10 rings (SSSR count). The van der Waals surface area contributed by atoms with Gasteiger partial charge in [0, 0.05) is 58.1 Å². The van der Waals surface area contributed by atoms with Crippen LogP contribution in [0.15, 0.2) is 152 Å². The minimum atomic E-state index is 0.640. The number of rotatable bonds is 5. The highest BCUT2D eigenvalue weighted by Gasteiger charge is 2.20. The molecule has 0 unspecified atom stereocenters. The minimum absolute atomic E-state index is 0.640. The van der Waals surface area contributed by atoms with Crippen molar-refractivity contribution in [1.82, 2.24) is 24.9 Å². The van der Waals surface area contributed by atoms with Crippen molar-refractivity contribution in [2.24, 2.45) is 0 Å². The second-order valence-electron chi connectivity index (χ2n) is 12.1. The molecule has 0 aliphatic heterocycles. The molecule has 0 atom stereocenters. The summed E-state index contributed by atoms with van der Waals surface area (Å²) in [5.74, 6) is 2.67. The van der Waals surface area contributed by atoms with Gasteiger partial charge >= 0.3 is 0 Å². The van der Waals surface area contributed by atoms with E-state index in [1.54, 1.807) is 22.7 Å². The van der Waals surface area contributed by atoms with Gasteiger partial charge in [-0.05, 0) is 30.3 Å². The Kier molecular flexibility index (Phi) is 6.79. The first-order chi connectivity index (χ1) is 24.8. The zero-order valence-corrected chi connectivity index (χ0v) is 28.1. The Morgan fingerprint density at radius 2 is 0.900 bits per heavy atom. The second-order valence-corrected chi connectivity index (χ2v) is 14.2. The molecule has 0 saturated carbocycles. The van der Waals surface area contributed by atoms with Crippen molar-refractivity contribution >= 4 is 63.1 Å². The van der Waals surface area contributed by atoms with Crippen LogP contribution in [0.1, 0.15) is 0 Å². The van der Waals surface area contributed by atoms with Gasteiger partial charge in [-0.1, -0.05) is 121 Å². The summed E-state index contributed by atoms with van der Waals surface area (Å²) in [5, 5.41) is 3.46. The molecular formula is C43H25N5S2.